The molecule has 0 unspecified atom stereocenters. The molecular formula is C17H19NO2. The molecule has 20 heavy (non-hydrogen) atoms. The smallest absolute Gasteiger partial charge is 0.128 e. The van der Waals surface area contributed by atoms with Gasteiger partial charge in [-0.3, -0.25) is 0 Å². The Morgan fingerprint density at radius 2 is 1.85 bits per heavy atom. The van der Waals surface area contributed by atoms with Crippen LogP contribution >= 0.6 is 0 Å². The fourth-order valence-corrected chi connectivity index (χ4v) is 3.30. The van der Waals surface area contributed by atoms with E-state index in [2.05, 4.69) is 11.2 Å². The van der Waals surface area contributed by atoms with Crippen molar-refractivity contribution in [3.05, 3.63) is 41.5 Å². The van der Waals surface area contributed by atoms with Gasteiger partial charge >= 0.3 is 0 Å². The first-order valence-electron chi connectivity index (χ1n) is 7.23. The lowest BCUT2D eigenvalue weighted by Gasteiger charge is -2.24. The zero-order valence-electron chi connectivity index (χ0n) is 11.4. The van der Waals surface area contributed by atoms with E-state index in [4.69, 9.17) is 5.21 Å². The van der Waals surface area contributed by atoms with Crippen LogP contribution in [0.3, 0.4) is 0 Å². The molecule has 0 atom stereocenters. The number of nitrogens with zero attached hydrogens (tertiary/aromatic N) is 1. The van der Waals surface area contributed by atoms with Gasteiger partial charge in [0.25, 0.3) is 0 Å². The Bertz CT molecular complexity index is 643. The van der Waals surface area contributed by atoms with E-state index < -0.39 is 0 Å². The van der Waals surface area contributed by atoms with E-state index in [1.54, 1.807) is 0 Å². The van der Waals surface area contributed by atoms with Crippen molar-refractivity contribution >= 4 is 17.0 Å². The van der Waals surface area contributed by atoms with Crippen molar-refractivity contribution in [3.8, 4) is 5.75 Å². The molecule has 0 aromatic heterocycles. The molecule has 1 aliphatic carbocycles. The van der Waals surface area contributed by atoms with Crippen LogP contribution in [0.15, 0.2) is 35.5 Å². The number of phenols is 1. The summed E-state index contributed by atoms with van der Waals surface area (Å²) in [5.41, 5.74) is 1.62. The number of rotatable bonds is 2. The molecule has 0 spiro atoms. The van der Waals surface area contributed by atoms with Crippen LogP contribution in [0.2, 0.25) is 0 Å². The lowest BCUT2D eigenvalue weighted by Crippen LogP contribution is -2.06. The predicted octanol–water partition coefficient (Wildman–Crippen LogP) is 4.40. The van der Waals surface area contributed by atoms with Gasteiger partial charge < -0.3 is 10.3 Å². The van der Waals surface area contributed by atoms with Crippen LogP contribution in [0.25, 0.3) is 10.8 Å². The summed E-state index contributed by atoms with van der Waals surface area (Å²) in [6.45, 7) is 0. The monoisotopic (exact) mass is 269 g/mol. The summed E-state index contributed by atoms with van der Waals surface area (Å²) in [4.78, 5) is 0. The standard InChI is InChI=1S/C17H19NO2/c19-17-15(12-6-2-1-3-7-12)10-13-8-4-5-9-14(13)16(17)11-18-20/h4-5,8-12,19-20H,1-3,6-7H2/b18-11+. The molecule has 104 valence electrons. The normalized spacial score (nSPS) is 17.0. The third-order valence-electron chi connectivity index (χ3n) is 4.32. The summed E-state index contributed by atoms with van der Waals surface area (Å²) in [7, 11) is 0. The van der Waals surface area contributed by atoms with Gasteiger partial charge in [0, 0.05) is 5.56 Å². The summed E-state index contributed by atoms with van der Waals surface area (Å²) in [5, 5.41) is 24.6. The molecule has 0 bridgehead atoms. The minimum Gasteiger partial charge on any atom is -0.507 e. The van der Waals surface area contributed by atoms with Crippen LogP contribution in [0.1, 0.15) is 49.1 Å². The first-order chi connectivity index (χ1) is 9.81. The van der Waals surface area contributed by atoms with Crippen LogP contribution in [0.4, 0.5) is 0 Å². The molecule has 0 saturated heterocycles. The van der Waals surface area contributed by atoms with Gasteiger partial charge in [-0.15, -0.1) is 0 Å². The maximum Gasteiger partial charge on any atom is 0.128 e. The lowest BCUT2D eigenvalue weighted by molar-refractivity contribution is 0.321. The van der Waals surface area contributed by atoms with E-state index in [1.165, 1.54) is 25.5 Å². The number of fused-ring (bicyclic) bond motifs is 1. The molecule has 2 aromatic rings. The molecule has 1 aliphatic rings. The molecule has 1 saturated carbocycles. The van der Waals surface area contributed by atoms with Crippen molar-refractivity contribution in [1.29, 1.82) is 0 Å². The molecule has 3 nitrogen and oxygen atoms in total. The highest BCUT2D eigenvalue weighted by molar-refractivity contribution is 6.03. The topological polar surface area (TPSA) is 52.8 Å². The second kappa shape index (κ2) is 5.53. The van der Waals surface area contributed by atoms with Crippen LogP contribution in [-0.4, -0.2) is 16.5 Å². The Morgan fingerprint density at radius 1 is 1.10 bits per heavy atom. The summed E-state index contributed by atoms with van der Waals surface area (Å²) in [5.74, 6) is 0.688. The number of aromatic hydroxyl groups is 1. The number of hydrogen-bond acceptors (Lipinski definition) is 3. The van der Waals surface area contributed by atoms with E-state index in [0.29, 0.717) is 11.5 Å². The molecule has 3 rings (SSSR count). The highest BCUT2D eigenvalue weighted by Crippen LogP contribution is 2.40. The van der Waals surface area contributed by atoms with Crippen molar-refractivity contribution < 1.29 is 10.3 Å². The van der Waals surface area contributed by atoms with Crippen molar-refractivity contribution in [2.75, 3.05) is 0 Å². The molecule has 0 heterocycles. The van der Waals surface area contributed by atoms with Crippen molar-refractivity contribution in [2.24, 2.45) is 5.16 Å². The first kappa shape index (κ1) is 13.0. The van der Waals surface area contributed by atoms with Gasteiger partial charge in [0.2, 0.25) is 0 Å². The van der Waals surface area contributed by atoms with Gasteiger partial charge in [0.1, 0.15) is 5.75 Å². The Hall–Kier alpha value is -2.03. The SMILES string of the molecule is O/N=C/c1c(O)c(C2CCCCC2)cc2ccccc12. The number of oxime groups is 1. The highest BCUT2D eigenvalue weighted by Gasteiger charge is 2.21. The van der Waals surface area contributed by atoms with Gasteiger partial charge in [-0.2, -0.15) is 0 Å². The molecule has 2 aromatic carbocycles. The fraction of sp³-hybridized carbons (Fsp3) is 0.353. The molecule has 0 radical (unpaired) electrons. The van der Waals surface area contributed by atoms with Gasteiger partial charge in [-0.05, 0) is 41.2 Å². The van der Waals surface area contributed by atoms with Crippen molar-refractivity contribution in [3.63, 3.8) is 0 Å². The zero-order valence-corrected chi connectivity index (χ0v) is 11.4. The maximum absolute atomic E-state index is 10.6. The number of hydrogen-bond donors (Lipinski definition) is 2. The second-order valence-corrected chi connectivity index (χ2v) is 5.53. The molecule has 0 aliphatic heterocycles. The third-order valence-corrected chi connectivity index (χ3v) is 4.32. The summed E-state index contributed by atoms with van der Waals surface area (Å²) >= 11 is 0. The van der Waals surface area contributed by atoms with Crippen molar-refractivity contribution in [2.45, 2.75) is 38.0 Å². The second-order valence-electron chi connectivity index (χ2n) is 5.53. The molecule has 2 N–H and O–H groups in total. The number of phenolic OH excluding ortho intramolecular Hbond substituents is 1. The highest BCUT2D eigenvalue weighted by atomic mass is 16.4. The summed E-state index contributed by atoms with van der Waals surface area (Å²) in [6.07, 6.45) is 7.32. The first-order valence-corrected chi connectivity index (χ1v) is 7.23. The van der Waals surface area contributed by atoms with E-state index >= 15 is 0 Å². The fourth-order valence-electron chi connectivity index (χ4n) is 3.30. The lowest BCUT2D eigenvalue weighted by atomic mass is 9.82. The summed E-state index contributed by atoms with van der Waals surface area (Å²) < 4.78 is 0. The van der Waals surface area contributed by atoms with Crippen LogP contribution in [0, 0.1) is 0 Å². The van der Waals surface area contributed by atoms with Crippen molar-refractivity contribution in [1.82, 2.24) is 0 Å². The average molecular weight is 269 g/mol. The number of benzene rings is 2. The van der Waals surface area contributed by atoms with Gasteiger partial charge in [0.05, 0.1) is 6.21 Å². The van der Waals surface area contributed by atoms with E-state index in [0.717, 1.165) is 29.2 Å². The quantitative estimate of drug-likeness (QED) is 0.482. The zero-order chi connectivity index (χ0) is 13.9. The van der Waals surface area contributed by atoms with E-state index in [1.807, 2.05) is 24.3 Å². The van der Waals surface area contributed by atoms with Gasteiger partial charge in [-0.1, -0.05) is 48.7 Å². The Balaban J connectivity index is 2.19. The van der Waals surface area contributed by atoms with Crippen LogP contribution in [0.5, 0.6) is 5.75 Å². The van der Waals surface area contributed by atoms with Gasteiger partial charge in [-0.25, -0.2) is 0 Å². The van der Waals surface area contributed by atoms with Gasteiger partial charge in [0.15, 0.2) is 0 Å². The Kier molecular flexibility index (Phi) is 3.59. The third kappa shape index (κ3) is 2.24. The largest absolute Gasteiger partial charge is 0.507 e. The Labute approximate surface area is 118 Å². The minimum atomic E-state index is 0.272. The predicted molar refractivity (Wildman–Crippen MR) is 80.8 cm³/mol. The van der Waals surface area contributed by atoms with E-state index in [9.17, 15) is 5.11 Å². The molecular weight excluding hydrogens is 250 g/mol. The maximum atomic E-state index is 10.6. The van der Waals surface area contributed by atoms with Crippen LogP contribution in [-0.2, 0) is 0 Å². The van der Waals surface area contributed by atoms with Crippen LogP contribution < -0.4 is 0 Å². The summed E-state index contributed by atoms with van der Waals surface area (Å²) in [6, 6.07) is 9.99. The minimum absolute atomic E-state index is 0.272. The average Bonchev–Trinajstić information content (AvgIpc) is 2.51. The van der Waals surface area contributed by atoms with E-state index in [-0.39, 0.29) is 5.75 Å². The molecule has 3 heteroatoms. The Morgan fingerprint density at radius 3 is 2.60 bits per heavy atom. The molecule has 0 amide bonds. The molecule has 1 fully saturated rings.